The smallest absolute Gasteiger partial charge is 0.203 e. The maximum Gasteiger partial charge on any atom is 0.203 e. The molecule has 1 fully saturated rings. The molecule has 1 aromatic heterocycles. The van der Waals surface area contributed by atoms with Crippen molar-refractivity contribution in [1.82, 2.24) is 10.2 Å². The molecule has 19 heavy (non-hydrogen) atoms. The Hall–Kier alpha value is -1.69. The summed E-state index contributed by atoms with van der Waals surface area (Å²) in [7, 11) is 0. The summed E-state index contributed by atoms with van der Waals surface area (Å²) in [5.41, 5.74) is 6.94. The van der Waals surface area contributed by atoms with Crippen molar-refractivity contribution in [1.29, 1.82) is 0 Å². The summed E-state index contributed by atoms with van der Waals surface area (Å²) in [5.74, 6) is -0.208. The summed E-state index contributed by atoms with van der Waals surface area (Å²) in [4.78, 5) is 2.12. The maximum atomic E-state index is 14.3. The largest absolute Gasteiger partial charge is 0.374 e. The van der Waals surface area contributed by atoms with Crippen LogP contribution < -0.4 is 10.6 Å². The molecule has 1 aromatic carbocycles. The van der Waals surface area contributed by atoms with Crippen LogP contribution in [0.1, 0.15) is 19.8 Å². The van der Waals surface area contributed by atoms with Crippen LogP contribution in [-0.2, 0) is 0 Å². The molecule has 1 saturated heterocycles. The SMILES string of the molecule is CC1CCCN1c1ccc(-c2nnc(N)s2)cc1F. The zero-order valence-electron chi connectivity index (χ0n) is 10.6. The van der Waals surface area contributed by atoms with Crippen LogP contribution in [0.4, 0.5) is 15.2 Å². The molecule has 0 spiro atoms. The van der Waals surface area contributed by atoms with Crippen molar-refractivity contribution in [2.45, 2.75) is 25.8 Å². The summed E-state index contributed by atoms with van der Waals surface area (Å²) in [6.07, 6.45) is 2.24. The second kappa shape index (κ2) is 4.77. The lowest BCUT2D eigenvalue weighted by Crippen LogP contribution is -2.27. The van der Waals surface area contributed by atoms with Crippen LogP contribution in [0.25, 0.3) is 10.6 Å². The number of aromatic nitrogens is 2. The highest BCUT2D eigenvalue weighted by atomic mass is 32.1. The molecule has 2 N–H and O–H groups in total. The highest BCUT2D eigenvalue weighted by Gasteiger charge is 2.23. The number of nitrogens with two attached hydrogens (primary N) is 1. The van der Waals surface area contributed by atoms with Crippen molar-refractivity contribution in [3.05, 3.63) is 24.0 Å². The van der Waals surface area contributed by atoms with E-state index < -0.39 is 0 Å². The van der Waals surface area contributed by atoms with Gasteiger partial charge in [0.05, 0.1) is 5.69 Å². The number of halogens is 1. The molecule has 0 saturated carbocycles. The predicted molar refractivity (Wildman–Crippen MR) is 75.8 cm³/mol. The molecule has 1 unspecified atom stereocenters. The molecule has 0 bridgehead atoms. The average molecular weight is 278 g/mol. The number of nitrogens with zero attached hydrogens (tertiary/aromatic N) is 3. The second-order valence-corrected chi connectivity index (χ2v) is 5.81. The molecule has 3 rings (SSSR count). The minimum Gasteiger partial charge on any atom is -0.374 e. The first-order chi connectivity index (χ1) is 9.15. The minimum absolute atomic E-state index is 0.208. The lowest BCUT2D eigenvalue weighted by atomic mass is 10.1. The zero-order valence-corrected chi connectivity index (χ0v) is 11.5. The molecule has 0 aliphatic carbocycles. The third kappa shape index (κ3) is 2.28. The van der Waals surface area contributed by atoms with Crippen LogP contribution in [-0.4, -0.2) is 22.8 Å². The van der Waals surface area contributed by atoms with Crippen LogP contribution in [0.3, 0.4) is 0 Å². The van der Waals surface area contributed by atoms with Gasteiger partial charge in [0, 0.05) is 18.2 Å². The van der Waals surface area contributed by atoms with Crippen molar-refractivity contribution in [2.75, 3.05) is 17.2 Å². The van der Waals surface area contributed by atoms with Gasteiger partial charge in [0.25, 0.3) is 0 Å². The van der Waals surface area contributed by atoms with Gasteiger partial charge < -0.3 is 10.6 Å². The molecule has 1 aliphatic rings. The quantitative estimate of drug-likeness (QED) is 0.917. The molecular weight excluding hydrogens is 263 g/mol. The van der Waals surface area contributed by atoms with Crippen LogP contribution in [0, 0.1) is 5.82 Å². The van der Waals surface area contributed by atoms with E-state index in [-0.39, 0.29) is 5.82 Å². The Morgan fingerprint density at radius 1 is 1.42 bits per heavy atom. The highest BCUT2D eigenvalue weighted by molar-refractivity contribution is 7.18. The first-order valence-corrected chi connectivity index (χ1v) is 7.12. The van der Waals surface area contributed by atoms with E-state index in [1.165, 1.54) is 17.4 Å². The monoisotopic (exact) mass is 278 g/mol. The number of nitrogen functional groups attached to an aromatic ring is 1. The van der Waals surface area contributed by atoms with Crippen molar-refractivity contribution in [3.63, 3.8) is 0 Å². The summed E-state index contributed by atoms with van der Waals surface area (Å²) in [6.45, 7) is 3.05. The molecule has 0 amide bonds. The van der Waals surface area contributed by atoms with Crippen molar-refractivity contribution >= 4 is 22.2 Å². The molecule has 4 nitrogen and oxygen atoms in total. The second-order valence-electron chi connectivity index (χ2n) is 4.80. The van der Waals surface area contributed by atoms with E-state index in [2.05, 4.69) is 22.0 Å². The summed E-state index contributed by atoms with van der Waals surface area (Å²) in [5, 5.41) is 8.73. The lowest BCUT2D eigenvalue weighted by molar-refractivity contribution is 0.614. The predicted octanol–water partition coefficient (Wildman–Crippen LogP) is 2.92. The van der Waals surface area contributed by atoms with Crippen LogP contribution in [0.2, 0.25) is 0 Å². The van der Waals surface area contributed by atoms with E-state index >= 15 is 0 Å². The van der Waals surface area contributed by atoms with Gasteiger partial charge in [-0.2, -0.15) is 0 Å². The van der Waals surface area contributed by atoms with Crippen LogP contribution in [0.15, 0.2) is 18.2 Å². The normalized spacial score (nSPS) is 19.1. The Balaban J connectivity index is 1.93. The fraction of sp³-hybridized carbons (Fsp3) is 0.385. The van der Waals surface area contributed by atoms with Gasteiger partial charge in [0.2, 0.25) is 5.13 Å². The number of rotatable bonds is 2. The van der Waals surface area contributed by atoms with Gasteiger partial charge in [-0.1, -0.05) is 11.3 Å². The molecule has 0 radical (unpaired) electrons. The van der Waals surface area contributed by atoms with Gasteiger partial charge in [0.1, 0.15) is 10.8 Å². The van der Waals surface area contributed by atoms with Gasteiger partial charge in [0.15, 0.2) is 0 Å². The summed E-state index contributed by atoms with van der Waals surface area (Å²) >= 11 is 1.26. The standard InChI is InChI=1S/C13H15FN4S/c1-8-3-2-6-18(8)11-5-4-9(7-10(11)14)12-16-17-13(15)19-12/h4-5,7-8H,2-3,6H2,1H3,(H2,15,17). The number of hydrogen-bond acceptors (Lipinski definition) is 5. The minimum atomic E-state index is -0.208. The topological polar surface area (TPSA) is 55.0 Å². The van der Waals surface area contributed by atoms with Gasteiger partial charge in [-0.3, -0.25) is 0 Å². The molecule has 6 heteroatoms. The fourth-order valence-electron chi connectivity index (χ4n) is 2.52. The van der Waals surface area contributed by atoms with Crippen molar-refractivity contribution in [3.8, 4) is 10.6 Å². The lowest BCUT2D eigenvalue weighted by Gasteiger charge is -2.24. The van der Waals surface area contributed by atoms with Crippen LogP contribution >= 0.6 is 11.3 Å². The van der Waals surface area contributed by atoms with Crippen molar-refractivity contribution in [2.24, 2.45) is 0 Å². The van der Waals surface area contributed by atoms with E-state index in [9.17, 15) is 4.39 Å². The molecule has 1 atom stereocenters. The van der Waals surface area contributed by atoms with Crippen LogP contribution in [0.5, 0.6) is 0 Å². The average Bonchev–Trinajstić information content (AvgIpc) is 2.98. The Morgan fingerprint density at radius 3 is 2.84 bits per heavy atom. The van der Waals surface area contributed by atoms with Gasteiger partial charge in [-0.15, -0.1) is 10.2 Å². The van der Waals surface area contributed by atoms with E-state index in [0.717, 1.165) is 24.9 Å². The first-order valence-electron chi connectivity index (χ1n) is 6.30. The molecule has 2 heterocycles. The van der Waals surface area contributed by atoms with Gasteiger partial charge in [-0.05, 0) is 38.0 Å². The van der Waals surface area contributed by atoms with Gasteiger partial charge in [-0.25, -0.2) is 4.39 Å². The summed E-state index contributed by atoms with van der Waals surface area (Å²) in [6, 6.07) is 5.62. The molecule has 2 aromatic rings. The van der Waals surface area contributed by atoms with E-state index in [1.54, 1.807) is 0 Å². The zero-order chi connectivity index (χ0) is 13.4. The maximum absolute atomic E-state index is 14.3. The number of benzene rings is 1. The molecular formula is C13H15FN4S. The van der Waals surface area contributed by atoms with Gasteiger partial charge >= 0.3 is 0 Å². The third-order valence-electron chi connectivity index (χ3n) is 3.50. The Labute approximate surface area is 115 Å². The fourth-order valence-corrected chi connectivity index (χ4v) is 3.12. The molecule has 1 aliphatic heterocycles. The Bertz CT molecular complexity index is 598. The summed E-state index contributed by atoms with van der Waals surface area (Å²) < 4.78 is 14.3. The first kappa shape index (κ1) is 12.3. The van der Waals surface area contributed by atoms with Crippen molar-refractivity contribution < 1.29 is 4.39 Å². The Morgan fingerprint density at radius 2 is 2.26 bits per heavy atom. The third-order valence-corrected chi connectivity index (χ3v) is 4.30. The van der Waals surface area contributed by atoms with E-state index in [0.29, 0.717) is 21.9 Å². The van der Waals surface area contributed by atoms with E-state index in [4.69, 9.17) is 5.73 Å². The number of anilines is 2. The Kier molecular flexibility index (Phi) is 3.10. The van der Waals surface area contributed by atoms with E-state index in [1.807, 2.05) is 12.1 Å². The number of hydrogen-bond donors (Lipinski definition) is 1. The highest BCUT2D eigenvalue weighted by Crippen LogP contribution is 2.32. The molecule has 100 valence electrons.